The number of fused-ring (bicyclic) bond motifs is 3. The molecule has 0 spiro atoms. The Morgan fingerprint density at radius 1 is 1.27 bits per heavy atom. The maximum atomic E-state index is 2.38. The highest BCUT2D eigenvalue weighted by atomic mass is 15.0. The van der Waals surface area contributed by atoms with Crippen LogP contribution in [0.2, 0.25) is 0 Å². The molecule has 0 N–H and O–H groups in total. The molecule has 0 saturated heterocycles. The van der Waals surface area contributed by atoms with E-state index >= 15 is 0 Å². The summed E-state index contributed by atoms with van der Waals surface area (Å²) in [5.74, 6) is 0. The Hall–Kier alpha value is -1.31. The van der Waals surface area contributed by atoms with Crippen molar-refractivity contribution in [1.29, 1.82) is 0 Å². The van der Waals surface area contributed by atoms with E-state index in [2.05, 4.69) is 41.7 Å². The van der Waals surface area contributed by atoms with Gasteiger partial charge in [0.15, 0.2) is 12.4 Å². The first kappa shape index (κ1) is 8.96. The molecule has 3 rings (SSSR count). The van der Waals surface area contributed by atoms with Crippen LogP contribution in [0.15, 0.2) is 18.5 Å². The number of hydrogen-bond acceptors (Lipinski definition) is 0. The highest BCUT2D eigenvalue weighted by Crippen LogP contribution is 2.30. The lowest BCUT2D eigenvalue weighted by Crippen LogP contribution is -2.26. The molecule has 0 aliphatic heterocycles. The molecular weight excluding hydrogens is 184 g/mol. The molecule has 0 atom stereocenters. The fraction of sp³-hybridized carbons (Fsp3) is 0.462. The molecular formula is C13H17N2+. The molecule has 1 aliphatic carbocycles. The van der Waals surface area contributed by atoms with Crippen LogP contribution in [0.25, 0.3) is 10.9 Å². The van der Waals surface area contributed by atoms with E-state index in [1.54, 1.807) is 11.3 Å². The summed E-state index contributed by atoms with van der Waals surface area (Å²) >= 11 is 0. The molecule has 0 fully saturated rings. The predicted molar refractivity (Wildman–Crippen MR) is 60.7 cm³/mol. The van der Waals surface area contributed by atoms with E-state index < -0.39 is 0 Å². The summed E-state index contributed by atoms with van der Waals surface area (Å²) in [7, 11) is 4.30. The van der Waals surface area contributed by atoms with E-state index in [-0.39, 0.29) is 0 Å². The van der Waals surface area contributed by atoms with Crippen molar-refractivity contribution in [2.24, 2.45) is 14.1 Å². The van der Waals surface area contributed by atoms with Crippen LogP contribution in [0.5, 0.6) is 0 Å². The van der Waals surface area contributed by atoms with E-state index in [1.807, 2.05) is 0 Å². The summed E-state index contributed by atoms with van der Waals surface area (Å²) in [4.78, 5) is 0. The van der Waals surface area contributed by atoms with Crippen molar-refractivity contribution in [2.45, 2.75) is 25.7 Å². The van der Waals surface area contributed by atoms with Crippen molar-refractivity contribution in [3.8, 4) is 0 Å². The molecule has 78 valence electrons. The van der Waals surface area contributed by atoms with Gasteiger partial charge in [-0.05, 0) is 31.2 Å². The molecule has 0 aromatic carbocycles. The van der Waals surface area contributed by atoms with Crippen LogP contribution in [0, 0.1) is 0 Å². The Balaban J connectivity index is 2.39. The van der Waals surface area contributed by atoms with Crippen LogP contribution in [-0.4, -0.2) is 4.57 Å². The van der Waals surface area contributed by atoms with Crippen molar-refractivity contribution >= 4 is 10.9 Å². The maximum Gasteiger partial charge on any atom is 0.178 e. The van der Waals surface area contributed by atoms with Gasteiger partial charge in [-0.3, -0.25) is 0 Å². The highest BCUT2D eigenvalue weighted by molar-refractivity contribution is 5.84. The normalized spacial score (nSPS) is 15.6. The molecule has 2 nitrogen and oxygen atoms in total. The molecule has 2 heterocycles. The lowest BCUT2D eigenvalue weighted by molar-refractivity contribution is -0.670. The first-order valence-corrected chi connectivity index (χ1v) is 5.73. The Kier molecular flexibility index (Phi) is 1.84. The van der Waals surface area contributed by atoms with Crippen LogP contribution < -0.4 is 4.57 Å². The fourth-order valence-electron chi connectivity index (χ4n) is 2.81. The Labute approximate surface area is 90.1 Å². The number of aryl methyl sites for hydroxylation is 3. The van der Waals surface area contributed by atoms with Gasteiger partial charge in [-0.25, -0.2) is 4.57 Å². The molecule has 0 bridgehead atoms. The number of hydrogen-bond donors (Lipinski definition) is 0. The van der Waals surface area contributed by atoms with Gasteiger partial charge >= 0.3 is 0 Å². The lowest BCUT2D eigenvalue weighted by Gasteiger charge is -2.12. The molecule has 2 aromatic heterocycles. The van der Waals surface area contributed by atoms with Crippen LogP contribution in [0.1, 0.15) is 24.1 Å². The Bertz CT molecular complexity index is 523. The largest absolute Gasteiger partial charge is 0.347 e. The van der Waals surface area contributed by atoms with Gasteiger partial charge in [0.1, 0.15) is 7.05 Å². The summed E-state index contributed by atoms with van der Waals surface area (Å²) in [6, 6.07) is 2.23. The Morgan fingerprint density at radius 2 is 2.07 bits per heavy atom. The number of nitrogens with zero attached hydrogens (tertiary/aromatic N) is 2. The fourth-order valence-corrected chi connectivity index (χ4v) is 2.81. The minimum Gasteiger partial charge on any atom is -0.347 e. The quantitative estimate of drug-likeness (QED) is 0.575. The van der Waals surface area contributed by atoms with Gasteiger partial charge in [-0.2, -0.15) is 0 Å². The molecule has 1 aliphatic rings. The van der Waals surface area contributed by atoms with E-state index in [0.717, 1.165) is 0 Å². The van der Waals surface area contributed by atoms with E-state index in [1.165, 1.54) is 36.6 Å². The minimum absolute atomic E-state index is 1.25. The van der Waals surface area contributed by atoms with Gasteiger partial charge in [0.25, 0.3) is 0 Å². The SMILES string of the molecule is Cn1c2c(c3c[n+](C)ccc31)CCCC2. The number of pyridine rings is 1. The number of rotatable bonds is 0. The predicted octanol–water partition coefficient (Wildman–Crippen LogP) is 1.88. The third-order valence-corrected chi connectivity index (χ3v) is 3.61. The van der Waals surface area contributed by atoms with Gasteiger partial charge < -0.3 is 4.57 Å². The number of aromatic nitrogens is 2. The summed E-state index contributed by atoms with van der Waals surface area (Å²) in [5, 5.41) is 1.46. The minimum atomic E-state index is 1.25. The second-order valence-corrected chi connectivity index (χ2v) is 4.60. The van der Waals surface area contributed by atoms with Crippen molar-refractivity contribution < 1.29 is 4.57 Å². The zero-order valence-electron chi connectivity index (χ0n) is 9.45. The van der Waals surface area contributed by atoms with Crippen molar-refractivity contribution in [1.82, 2.24) is 4.57 Å². The van der Waals surface area contributed by atoms with Crippen LogP contribution in [-0.2, 0) is 26.9 Å². The van der Waals surface area contributed by atoms with E-state index in [0.29, 0.717) is 0 Å². The highest BCUT2D eigenvalue weighted by Gasteiger charge is 2.19. The Morgan fingerprint density at radius 3 is 2.93 bits per heavy atom. The van der Waals surface area contributed by atoms with Gasteiger partial charge in [-0.15, -0.1) is 0 Å². The zero-order chi connectivity index (χ0) is 10.4. The van der Waals surface area contributed by atoms with Crippen LogP contribution >= 0.6 is 0 Å². The van der Waals surface area contributed by atoms with Crippen molar-refractivity contribution in [3.05, 3.63) is 29.7 Å². The molecule has 2 aromatic rings. The summed E-state index contributed by atoms with van der Waals surface area (Å²) in [6.45, 7) is 0. The van der Waals surface area contributed by atoms with Crippen molar-refractivity contribution in [2.75, 3.05) is 0 Å². The van der Waals surface area contributed by atoms with E-state index in [4.69, 9.17) is 0 Å². The van der Waals surface area contributed by atoms with Gasteiger partial charge in [0.2, 0.25) is 0 Å². The smallest absolute Gasteiger partial charge is 0.178 e. The topological polar surface area (TPSA) is 8.81 Å². The second kappa shape index (κ2) is 3.09. The van der Waals surface area contributed by atoms with Crippen LogP contribution in [0.3, 0.4) is 0 Å². The molecule has 0 saturated carbocycles. The van der Waals surface area contributed by atoms with Gasteiger partial charge in [0.05, 0.1) is 10.9 Å². The molecule has 15 heavy (non-hydrogen) atoms. The van der Waals surface area contributed by atoms with Gasteiger partial charge in [-0.1, -0.05) is 0 Å². The summed E-state index contributed by atoms with van der Waals surface area (Å²) in [5.41, 5.74) is 4.54. The molecule has 0 amide bonds. The zero-order valence-corrected chi connectivity index (χ0v) is 9.45. The van der Waals surface area contributed by atoms with E-state index in [9.17, 15) is 0 Å². The molecule has 0 unspecified atom stereocenters. The third kappa shape index (κ3) is 1.21. The third-order valence-electron chi connectivity index (χ3n) is 3.61. The summed E-state index contributed by atoms with van der Waals surface area (Å²) in [6.07, 6.45) is 9.61. The van der Waals surface area contributed by atoms with Crippen LogP contribution in [0.4, 0.5) is 0 Å². The lowest BCUT2D eigenvalue weighted by atomic mass is 9.96. The molecule has 2 heteroatoms. The first-order valence-electron chi connectivity index (χ1n) is 5.73. The first-order chi connectivity index (χ1) is 7.27. The standard InChI is InChI=1S/C13H17N2/c1-14-8-7-13-11(9-14)10-5-3-4-6-12(10)15(13)2/h7-9H,3-6H2,1-2H3/q+1. The monoisotopic (exact) mass is 201 g/mol. The average Bonchev–Trinajstić information content (AvgIpc) is 2.54. The average molecular weight is 201 g/mol. The second-order valence-electron chi connectivity index (χ2n) is 4.60. The maximum absolute atomic E-state index is 2.38. The summed E-state index contributed by atoms with van der Waals surface area (Å²) < 4.78 is 4.53. The molecule has 0 radical (unpaired) electrons. The van der Waals surface area contributed by atoms with Crippen molar-refractivity contribution in [3.63, 3.8) is 0 Å². The van der Waals surface area contributed by atoms with Gasteiger partial charge in [0, 0.05) is 18.8 Å².